The highest BCUT2D eigenvalue weighted by molar-refractivity contribution is 5.91. The van der Waals surface area contributed by atoms with Gasteiger partial charge in [0.15, 0.2) is 5.78 Å². The highest BCUT2D eigenvalue weighted by atomic mass is 16.1. The second kappa shape index (κ2) is 4.11. The quantitative estimate of drug-likeness (QED) is 0.569. The van der Waals surface area contributed by atoms with Gasteiger partial charge in [0.05, 0.1) is 0 Å². The van der Waals surface area contributed by atoms with Gasteiger partial charge in [-0.25, -0.2) is 0 Å². The topological polar surface area (TPSA) is 17.1 Å². The van der Waals surface area contributed by atoms with Crippen molar-refractivity contribution in [2.45, 2.75) is 32.6 Å². The van der Waals surface area contributed by atoms with Crippen molar-refractivity contribution in [2.24, 2.45) is 5.92 Å². The molecule has 0 aromatic heterocycles. The van der Waals surface area contributed by atoms with E-state index in [1.54, 1.807) is 6.08 Å². The molecule has 64 valence electrons. The van der Waals surface area contributed by atoms with Crippen LogP contribution in [0.2, 0.25) is 0 Å². The van der Waals surface area contributed by atoms with Crippen LogP contribution in [0.3, 0.4) is 0 Å². The van der Waals surface area contributed by atoms with Gasteiger partial charge in [0.1, 0.15) is 0 Å². The summed E-state index contributed by atoms with van der Waals surface area (Å²) in [6.45, 7) is 2.11. The van der Waals surface area contributed by atoms with Crippen LogP contribution in [0.5, 0.6) is 0 Å². The van der Waals surface area contributed by atoms with E-state index < -0.39 is 0 Å². The molecule has 0 fully saturated rings. The molecule has 0 aliphatic heterocycles. The SMILES string of the molecule is C#CCCC1=CC(=O)CC(C)C1. The summed E-state index contributed by atoms with van der Waals surface area (Å²) >= 11 is 0. The minimum atomic E-state index is 0.265. The number of carbonyl (C=O) groups is 1. The summed E-state index contributed by atoms with van der Waals surface area (Å²) in [5, 5.41) is 0. The third kappa shape index (κ3) is 2.54. The Morgan fingerprint density at radius 1 is 1.67 bits per heavy atom. The number of rotatable bonds is 2. The van der Waals surface area contributed by atoms with E-state index >= 15 is 0 Å². The van der Waals surface area contributed by atoms with E-state index in [0.29, 0.717) is 12.3 Å². The third-order valence-electron chi connectivity index (χ3n) is 2.12. The van der Waals surface area contributed by atoms with Crippen LogP contribution in [0.4, 0.5) is 0 Å². The number of carbonyl (C=O) groups excluding carboxylic acids is 1. The molecule has 0 N–H and O–H groups in total. The second-order valence-electron chi connectivity index (χ2n) is 3.49. The van der Waals surface area contributed by atoms with Gasteiger partial charge in [-0.3, -0.25) is 4.79 Å². The van der Waals surface area contributed by atoms with Gasteiger partial charge in [0.2, 0.25) is 0 Å². The standard InChI is InChI=1S/C11H14O/c1-3-4-5-10-6-9(2)7-11(12)8-10/h1,8-9H,4-7H2,2H3. The van der Waals surface area contributed by atoms with Gasteiger partial charge >= 0.3 is 0 Å². The summed E-state index contributed by atoms with van der Waals surface area (Å²) in [7, 11) is 0. The molecule has 0 amide bonds. The molecule has 1 aliphatic carbocycles. The molecular weight excluding hydrogens is 148 g/mol. The first-order valence-electron chi connectivity index (χ1n) is 4.38. The number of terminal acetylenes is 1. The third-order valence-corrected chi connectivity index (χ3v) is 2.12. The van der Waals surface area contributed by atoms with E-state index in [1.807, 2.05) is 0 Å². The van der Waals surface area contributed by atoms with Crippen LogP contribution >= 0.6 is 0 Å². The van der Waals surface area contributed by atoms with Crippen LogP contribution in [-0.4, -0.2) is 5.78 Å². The van der Waals surface area contributed by atoms with Crippen LogP contribution in [0.1, 0.15) is 32.6 Å². The minimum absolute atomic E-state index is 0.265. The fourth-order valence-corrected chi connectivity index (χ4v) is 1.62. The average Bonchev–Trinajstić information content (AvgIpc) is 1.99. The van der Waals surface area contributed by atoms with Crippen LogP contribution in [0.15, 0.2) is 11.6 Å². The van der Waals surface area contributed by atoms with E-state index in [1.165, 1.54) is 5.57 Å². The zero-order valence-corrected chi connectivity index (χ0v) is 7.47. The van der Waals surface area contributed by atoms with Crippen LogP contribution in [0, 0.1) is 18.3 Å². The smallest absolute Gasteiger partial charge is 0.155 e. The summed E-state index contributed by atoms with van der Waals surface area (Å²) in [6.07, 6.45) is 10.3. The molecule has 0 saturated heterocycles. The summed E-state index contributed by atoms with van der Waals surface area (Å²) < 4.78 is 0. The molecule has 1 nitrogen and oxygen atoms in total. The van der Waals surface area contributed by atoms with Crippen molar-refractivity contribution in [3.8, 4) is 12.3 Å². The number of hydrogen-bond acceptors (Lipinski definition) is 1. The Kier molecular flexibility index (Phi) is 3.10. The zero-order valence-electron chi connectivity index (χ0n) is 7.47. The van der Waals surface area contributed by atoms with Crippen LogP contribution in [-0.2, 0) is 4.79 Å². The first kappa shape index (κ1) is 9.06. The molecule has 0 radical (unpaired) electrons. The Morgan fingerprint density at radius 2 is 2.42 bits per heavy atom. The predicted molar refractivity (Wildman–Crippen MR) is 49.6 cm³/mol. The van der Waals surface area contributed by atoms with E-state index in [-0.39, 0.29) is 5.78 Å². The predicted octanol–water partition coefficient (Wildman–Crippen LogP) is 2.33. The highest BCUT2D eigenvalue weighted by Crippen LogP contribution is 2.24. The maximum absolute atomic E-state index is 11.1. The Hall–Kier alpha value is -1.03. The van der Waals surface area contributed by atoms with Crippen molar-refractivity contribution in [1.82, 2.24) is 0 Å². The average molecular weight is 162 g/mol. The normalized spacial score (nSPS) is 23.2. The molecule has 1 atom stereocenters. The number of allylic oxidation sites excluding steroid dienone is 2. The largest absolute Gasteiger partial charge is 0.295 e. The molecule has 1 rings (SSSR count). The zero-order chi connectivity index (χ0) is 8.97. The lowest BCUT2D eigenvalue weighted by Gasteiger charge is -2.17. The Balaban J connectivity index is 2.53. The van der Waals surface area contributed by atoms with Gasteiger partial charge in [-0.15, -0.1) is 12.3 Å². The second-order valence-corrected chi connectivity index (χ2v) is 3.49. The molecule has 0 saturated carbocycles. The van der Waals surface area contributed by atoms with Crippen molar-refractivity contribution in [3.63, 3.8) is 0 Å². The first-order chi connectivity index (χ1) is 5.72. The van der Waals surface area contributed by atoms with Gasteiger partial charge in [-0.05, 0) is 24.8 Å². The van der Waals surface area contributed by atoms with Gasteiger partial charge in [0.25, 0.3) is 0 Å². The van der Waals surface area contributed by atoms with Crippen molar-refractivity contribution >= 4 is 5.78 Å². The van der Waals surface area contributed by atoms with E-state index in [9.17, 15) is 4.79 Å². The molecule has 1 aliphatic rings. The Morgan fingerprint density at radius 3 is 3.00 bits per heavy atom. The van der Waals surface area contributed by atoms with Gasteiger partial charge < -0.3 is 0 Å². The summed E-state index contributed by atoms with van der Waals surface area (Å²) in [5.41, 5.74) is 1.23. The summed E-state index contributed by atoms with van der Waals surface area (Å²) in [4.78, 5) is 11.1. The lowest BCUT2D eigenvalue weighted by atomic mass is 9.87. The molecule has 0 spiro atoms. The molecule has 1 unspecified atom stereocenters. The Bertz CT molecular complexity index is 242. The van der Waals surface area contributed by atoms with Crippen molar-refractivity contribution in [3.05, 3.63) is 11.6 Å². The van der Waals surface area contributed by atoms with Gasteiger partial charge in [0, 0.05) is 12.8 Å². The molecule has 0 heterocycles. The van der Waals surface area contributed by atoms with Crippen molar-refractivity contribution < 1.29 is 4.79 Å². The number of ketones is 1. The maximum Gasteiger partial charge on any atom is 0.155 e. The Labute approximate surface area is 73.9 Å². The maximum atomic E-state index is 11.1. The number of hydrogen-bond donors (Lipinski definition) is 0. The van der Waals surface area contributed by atoms with Crippen LogP contribution < -0.4 is 0 Å². The fourth-order valence-electron chi connectivity index (χ4n) is 1.62. The summed E-state index contributed by atoms with van der Waals surface area (Å²) in [5.74, 6) is 3.37. The van der Waals surface area contributed by atoms with E-state index in [2.05, 4.69) is 12.8 Å². The van der Waals surface area contributed by atoms with Crippen molar-refractivity contribution in [1.29, 1.82) is 0 Å². The molecule has 0 bridgehead atoms. The lowest BCUT2D eigenvalue weighted by Crippen LogP contribution is -2.11. The first-order valence-corrected chi connectivity index (χ1v) is 4.38. The molecule has 1 heteroatoms. The fraction of sp³-hybridized carbons (Fsp3) is 0.545. The summed E-state index contributed by atoms with van der Waals surface area (Å²) in [6, 6.07) is 0. The van der Waals surface area contributed by atoms with Crippen molar-refractivity contribution in [2.75, 3.05) is 0 Å². The lowest BCUT2D eigenvalue weighted by molar-refractivity contribution is -0.115. The minimum Gasteiger partial charge on any atom is -0.295 e. The molecular formula is C11H14O. The monoisotopic (exact) mass is 162 g/mol. The van der Waals surface area contributed by atoms with Crippen LogP contribution in [0.25, 0.3) is 0 Å². The van der Waals surface area contributed by atoms with Gasteiger partial charge in [-0.2, -0.15) is 0 Å². The molecule has 0 aromatic rings. The van der Waals surface area contributed by atoms with Gasteiger partial charge in [-0.1, -0.05) is 12.5 Å². The molecule has 12 heavy (non-hydrogen) atoms. The van der Waals surface area contributed by atoms with E-state index in [4.69, 9.17) is 6.42 Å². The molecule has 0 aromatic carbocycles. The highest BCUT2D eigenvalue weighted by Gasteiger charge is 2.15. The van der Waals surface area contributed by atoms with E-state index in [0.717, 1.165) is 19.3 Å².